The normalized spacial score (nSPS) is 25.7. The van der Waals surface area contributed by atoms with E-state index in [2.05, 4.69) is 57.3 Å². The summed E-state index contributed by atoms with van der Waals surface area (Å²) in [5.74, 6) is 4.14. The Morgan fingerprint density at radius 2 is 2.19 bits per heavy atom. The maximum absolute atomic E-state index is 5.50. The van der Waals surface area contributed by atoms with Gasteiger partial charge >= 0.3 is 0 Å². The van der Waals surface area contributed by atoms with Crippen LogP contribution in [0.5, 0.6) is 0 Å². The standard InChI is InChI=1S/C18H18IN7O/c19-12-6-9(7-15-22-16(25-27-15)10-1-2-10)5-11(12)18-24-23-14-8-21-17-13(26(14)18)3-4-20-17/h3-4,8-12,20H,1-2,5-7H2/t9-,11-,12+/m0/s1. The topological polar surface area (TPSA) is 97.8 Å². The average molecular weight is 475 g/mol. The molecule has 0 saturated heterocycles. The van der Waals surface area contributed by atoms with Crippen molar-refractivity contribution in [3.8, 4) is 0 Å². The fourth-order valence-electron chi connectivity index (χ4n) is 4.26. The third kappa shape index (κ3) is 2.66. The zero-order valence-corrected chi connectivity index (χ0v) is 16.7. The van der Waals surface area contributed by atoms with Gasteiger partial charge in [-0.1, -0.05) is 27.7 Å². The fourth-order valence-corrected chi connectivity index (χ4v) is 5.60. The van der Waals surface area contributed by atoms with E-state index in [0.717, 1.165) is 53.6 Å². The summed E-state index contributed by atoms with van der Waals surface area (Å²) >= 11 is 2.56. The van der Waals surface area contributed by atoms with E-state index in [1.165, 1.54) is 12.8 Å². The Balaban J connectivity index is 1.29. The summed E-state index contributed by atoms with van der Waals surface area (Å²) in [6.45, 7) is 0. The van der Waals surface area contributed by atoms with Crippen molar-refractivity contribution in [2.24, 2.45) is 5.92 Å². The van der Waals surface area contributed by atoms with E-state index in [0.29, 0.717) is 21.7 Å². The van der Waals surface area contributed by atoms with Crippen LogP contribution in [0, 0.1) is 5.92 Å². The monoisotopic (exact) mass is 475 g/mol. The van der Waals surface area contributed by atoms with Crippen LogP contribution in [0.25, 0.3) is 16.8 Å². The number of nitrogens with one attached hydrogen (secondary N) is 1. The van der Waals surface area contributed by atoms with Gasteiger partial charge in [0.15, 0.2) is 17.1 Å². The molecule has 2 fully saturated rings. The highest BCUT2D eigenvalue weighted by molar-refractivity contribution is 14.1. The summed E-state index contributed by atoms with van der Waals surface area (Å²) in [6, 6.07) is 2.04. The highest BCUT2D eigenvalue weighted by atomic mass is 127. The van der Waals surface area contributed by atoms with Gasteiger partial charge < -0.3 is 9.51 Å². The van der Waals surface area contributed by atoms with Crippen LogP contribution < -0.4 is 0 Å². The first kappa shape index (κ1) is 16.0. The Bertz CT molecular complexity index is 1130. The van der Waals surface area contributed by atoms with Crippen molar-refractivity contribution in [2.45, 2.75) is 47.9 Å². The van der Waals surface area contributed by atoms with Crippen LogP contribution in [0.4, 0.5) is 0 Å². The second-order valence-electron chi connectivity index (χ2n) is 7.71. The van der Waals surface area contributed by atoms with E-state index in [1.54, 1.807) is 6.20 Å². The molecule has 2 saturated carbocycles. The summed E-state index contributed by atoms with van der Waals surface area (Å²) in [4.78, 5) is 12.2. The fraction of sp³-hybridized carbons (Fsp3) is 0.500. The van der Waals surface area contributed by atoms with Crippen LogP contribution in [0.1, 0.15) is 55.1 Å². The van der Waals surface area contributed by atoms with Crippen LogP contribution >= 0.6 is 22.6 Å². The molecule has 0 bridgehead atoms. The van der Waals surface area contributed by atoms with Gasteiger partial charge in [0.2, 0.25) is 5.89 Å². The number of nitrogens with zero attached hydrogens (tertiary/aromatic N) is 6. The highest BCUT2D eigenvalue weighted by Gasteiger charge is 2.38. The second-order valence-corrected chi connectivity index (χ2v) is 9.31. The predicted octanol–water partition coefficient (Wildman–Crippen LogP) is 3.41. The van der Waals surface area contributed by atoms with Gasteiger partial charge in [-0.2, -0.15) is 4.98 Å². The van der Waals surface area contributed by atoms with Crippen LogP contribution in [-0.2, 0) is 6.42 Å². The molecular formula is C18H18IN7O. The molecule has 6 rings (SSSR count). The molecular weight excluding hydrogens is 457 g/mol. The molecule has 9 heteroatoms. The molecule has 0 aliphatic heterocycles. The SMILES string of the molecule is I[C@@H]1C[C@@H](Cc2nc(C3CC3)no2)C[C@@H]1c1nnc2cnc3[nH]ccc3n12. The van der Waals surface area contributed by atoms with Crippen LogP contribution in [0.15, 0.2) is 23.0 Å². The lowest BCUT2D eigenvalue weighted by Crippen LogP contribution is -2.09. The highest BCUT2D eigenvalue weighted by Crippen LogP contribution is 2.44. The predicted molar refractivity (Wildman–Crippen MR) is 106 cm³/mol. The minimum Gasteiger partial charge on any atom is -0.345 e. The number of halogens is 1. The molecule has 0 spiro atoms. The molecule has 27 heavy (non-hydrogen) atoms. The smallest absolute Gasteiger partial charge is 0.226 e. The summed E-state index contributed by atoms with van der Waals surface area (Å²) in [5.41, 5.74) is 2.70. The number of hydrogen-bond donors (Lipinski definition) is 1. The zero-order chi connectivity index (χ0) is 18.0. The van der Waals surface area contributed by atoms with Gasteiger partial charge in [-0.25, -0.2) is 4.98 Å². The van der Waals surface area contributed by atoms with Crippen molar-refractivity contribution in [1.82, 2.24) is 34.7 Å². The van der Waals surface area contributed by atoms with Gasteiger partial charge in [0.05, 0.1) is 11.7 Å². The number of H-pyrrole nitrogens is 1. The number of hydrogen-bond acceptors (Lipinski definition) is 6. The van der Waals surface area contributed by atoms with Crippen molar-refractivity contribution >= 4 is 39.4 Å². The van der Waals surface area contributed by atoms with Crippen LogP contribution in [0.2, 0.25) is 0 Å². The molecule has 1 N–H and O–H groups in total. The van der Waals surface area contributed by atoms with E-state index in [1.807, 2.05) is 12.3 Å². The van der Waals surface area contributed by atoms with E-state index in [-0.39, 0.29) is 0 Å². The lowest BCUT2D eigenvalue weighted by molar-refractivity contribution is 0.348. The molecule has 0 amide bonds. The van der Waals surface area contributed by atoms with Crippen molar-refractivity contribution in [2.75, 3.05) is 0 Å². The maximum atomic E-state index is 5.50. The maximum Gasteiger partial charge on any atom is 0.226 e. The molecule has 138 valence electrons. The first-order valence-corrected chi connectivity index (χ1v) is 10.6. The number of fused-ring (bicyclic) bond motifs is 3. The minimum atomic E-state index is 0.358. The Morgan fingerprint density at radius 3 is 3.07 bits per heavy atom. The molecule has 4 aromatic heterocycles. The van der Waals surface area contributed by atoms with E-state index >= 15 is 0 Å². The first-order valence-electron chi connectivity index (χ1n) is 9.40. The number of aromatic amines is 1. The Morgan fingerprint density at radius 1 is 1.26 bits per heavy atom. The largest absolute Gasteiger partial charge is 0.345 e. The summed E-state index contributed by atoms with van der Waals surface area (Å²) < 4.78 is 8.15. The summed E-state index contributed by atoms with van der Waals surface area (Å²) in [6.07, 6.45) is 9.13. The van der Waals surface area contributed by atoms with Crippen molar-refractivity contribution < 1.29 is 4.52 Å². The Labute approximate surface area is 168 Å². The van der Waals surface area contributed by atoms with E-state index < -0.39 is 0 Å². The Hall–Kier alpha value is -2.04. The van der Waals surface area contributed by atoms with Crippen molar-refractivity contribution in [1.29, 1.82) is 0 Å². The summed E-state index contributed by atoms with van der Waals surface area (Å²) in [5, 5.41) is 13.0. The van der Waals surface area contributed by atoms with Gasteiger partial charge in [-0.15, -0.1) is 10.2 Å². The molecule has 4 heterocycles. The third-order valence-corrected chi connectivity index (χ3v) is 7.15. The van der Waals surface area contributed by atoms with Gasteiger partial charge in [-0.3, -0.25) is 4.40 Å². The van der Waals surface area contributed by atoms with Gasteiger partial charge in [0.1, 0.15) is 5.82 Å². The molecule has 2 aliphatic carbocycles. The lowest BCUT2D eigenvalue weighted by atomic mass is 10.0. The molecule has 8 nitrogen and oxygen atoms in total. The van der Waals surface area contributed by atoms with Gasteiger partial charge in [0, 0.05) is 28.4 Å². The Kier molecular flexibility index (Phi) is 3.54. The zero-order valence-electron chi connectivity index (χ0n) is 14.5. The first-order chi connectivity index (χ1) is 13.3. The second kappa shape index (κ2) is 5.98. The van der Waals surface area contributed by atoms with Crippen molar-refractivity contribution in [3.05, 3.63) is 36.0 Å². The molecule has 4 aromatic rings. The number of alkyl halides is 1. The third-order valence-electron chi connectivity index (χ3n) is 5.77. The van der Waals surface area contributed by atoms with Crippen LogP contribution in [-0.4, -0.2) is 38.6 Å². The minimum absolute atomic E-state index is 0.358. The summed E-state index contributed by atoms with van der Waals surface area (Å²) in [7, 11) is 0. The molecule has 0 aromatic carbocycles. The van der Waals surface area contributed by atoms with Gasteiger partial charge in [-0.05, 0) is 37.7 Å². The molecule has 3 atom stereocenters. The van der Waals surface area contributed by atoms with Crippen molar-refractivity contribution in [3.63, 3.8) is 0 Å². The van der Waals surface area contributed by atoms with Gasteiger partial charge in [0.25, 0.3) is 0 Å². The molecule has 0 radical (unpaired) electrons. The van der Waals surface area contributed by atoms with E-state index in [9.17, 15) is 0 Å². The lowest BCUT2D eigenvalue weighted by Gasteiger charge is -2.12. The number of aromatic nitrogens is 7. The average Bonchev–Trinajstić information content (AvgIpc) is 3.06. The van der Waals surface area contributed by atoms with E-state index in [4.69, 9.17) is 4.52 Å². The van der Waals surface area contributed by atoms with Crippen LogP contribution in [0.3, 0.4) is 0 Å². The molecule has 2 aliphatic rings. The quantitative estimate of drug-likeness (QED) is 0.359. The number of rotatable bonds is 4. The molecule has 0 unspecified atom stereocenters.